The van der Waals surface area contributed by atoms with Crippen molar-refractivity contribution in [2.24, 2.45) is 0 Å². The Kier molecular flexibility index (Phi) is 4.72. The number of carbonyl (C=O) groups is 2. The molecule has 3 rings (SSSR count). The molecule has 1 atom stereocenters. The maximum Gasteiger partial charge on any atom is 0.261 e. The normalized spacial score (nSPS) is 16.6. The van der Waals surface area contributed by atoms with E-state index in [9.17, 15) is 14.4 Å². The fourth-order valence-electron chi connectivity index (χ4n) is 2.44. The van der Waals surface area contributed by atoms with Crippen molar-refractivity contribution < 1.29 is 14.3 Å². The van der Waals surface area contributed by atoms with Crippen LogP contribution in [0.25, 0.3) is 0 Å². The van der Waals surface area contributed by atoms with Crippen molar-refractivity contribution >= 4 is 23.2 Å². The molecule has 0 bridgehead atoms. The summed E-state index contributed by atoms with van der Waals surface area (Å²) in [5.74, 6) is -0.659. The van der Waals surface area contributed by atoms with E-state index >= 15 is 0 Å². The first-order chi connectivity index (χ1) is 11.6. The summed E-state index contributed by atoms with van der Waals surface area (Å²) in [7, 11) is 0. The lowest BCUT2D eigenvalue weighted by Crippen LogP contribution is -2.26. The first kappa shape index (κ1) is 15.9. The van der Waals surface area contributed by atoms with Gasteiger partial charge in [-0.3, -0.25) is 14.4 Å². The molecule has 1 aliphatic rings. The van der Waals surface area contributed by atoms with Crippen LogP contribution in [0.1, 0.15) is 23.2 Å². The number of carbonyl (C=O) groups excluding carboxylic acids is 2. The van der Waals surface area contributed by atoms with Gasteiger partial charge in [0.15, 0.2) is 0 Å². The van der Waals surface area contributed by atoms with Crippen LogP contribution >= 0.6 is 0 Å². The number of nitrogens with one attached hydrogen (secondary N) is 3. The summed E-state index contributed by atoms with van der Waals surface area (Å²) in [5.41, 5.74) is 0.730. The van der Waals surface area contributed by atoms with Gasteiger partial charge in [-0.05, 0) is 49.2 Å². The lowest BCUT2D eigenvalue weighted by Gasteiger charge is -2.11. The number of hydrogen-bond donors (Lipinski definition) is 3. The van der Waals surface area contributed by atoms with Crippen molar-refractivity contribution in [1.29, 1.82) is 0 Å². The molecule has 3 N–H and O–H groups in total. The fourth-order valence-corrected chi connectivity index (χ4v) is 2.44. The molecule has 7 heteroatoms. The van der Waals surface area contributed by atoms with Gasteiger partial charge < -0.3 is 20.4 Å². The number of aromatic amines is 1. The first-order valence-corrected chi connectivity index (χ1v) is 7.65. The Hall–Kier alpha value is -2.93. The summed E-state index contributed by atoms with van der Waals surface area (Å²) in [4.78, 5) is 38.0. The number of benzene rings is 1. The van der Waals surface area contributed by atoms with E-state index in [0.29, 0.717) is 18.0 Å². The van der Waals surface area contributed by atoms with Crippen LogP contribution in [0.15, 0.2) is 47.4 Å². The van der Waals surface area contributed by atoms with Crippen LogP contribution < -0.4 is 16.2 Å². The Morgan fingerprint density at radius 1 is 1.08 bits per heavy atom. The van der Waals surface area contributed by atoms with Gasteiger partial charge in [-0.2, -0.15) is 0 Å². The highest BCUT2D eigenvalue weighted by Crippen LogP contribution is 2.17. The van der Waals surface area contributed by atoms with Gasteiger partial charge in [0.05, 0.1) is 0 Å². The van der Waals surface area contributed by atoms with Gasteiger partial charge in [-0.25, -0.2) is 0 Å². The van der Waals surface area contributed by atoms with E-state index in [1.54, 1.807) is 30.3 Å². The summed E-state index contributed by atoms with van der Waals surface area (Å²) in [5, 5.41) is 5.41. The number of pyridine rings is 1. The highest BCUT2D eigenvalue weighted by atomic mass is 16.5. The second kappa shape index (κ2) is 7.10. The Bertz CT molecular complexity index is 792. The molecule has 24 heavy (non-hydrogen) atoms. The number of anilines is 2. The summed E-state index contributed by atoms with van der Waals surface area (Å²) in [6.07, 6.45) is 2.69. The molecule has 1 aromatic heterocycles. The highest BCUT2D eigenvalue weighted by molar-refractivity contribution is 6.04. The largest absolute Gasteiger partial charge is 0.368 e. The Labute approximate surface area is 138 Å². The van der Waals surface area contributed by atoms with E-state index in [1.165, 1.54) is 12.3 Å². The molecular weight excluding hydrogens is 310 g/mol. The molecule has 124 valence electrons. The van der Waals surface area contributed by atoms with Gasteiger partial charge in [0.1, 0.15) is 11.7 Å². The van der Waals surface area contributed by atoms with E-state index in [-0.39, 0.29) is 11.5 Å². The van der Waals surface area contributed by atoms with Gasteiger partial charge >= 0.3 is 0 Å². The second-order valence-electron chi connectivity index (χ2n) is 5.44. The van der Waals surface area contributed by atoms with Crippen molar-refractivity contribution in [3.8, 4) is 0 Å². The molecule has 0 spiro atoms. The third-order valence-electron chi connectivity index (χ3n) is 3.70. The minimum Gasteiger partial charge on any atom is -0.368 e. The standard InChI is InChI=1S/C17H17N3O4/c21-15-13(3-1-9-18-15)16(22)19-11-5-7-12(8-6-11)20-17(23)14-4-2-10-24-14/h1,3,5-9,14H,2,4,10H2,(H,18,21)(H,19,22)(H,20,23)/t14-/m0/s1. The zero-order valence-electron chi connectivity index (χ0n) is 12.9. The summed E-state index contributed by atoms with van der Waals surface area (Å²) in [6, 6.07) is 9.69. The molecule has 2 heterocycles. The maximum absolute atomic E-state index is 12.1. The van der Waals surface area contributed by atoms with Gasteiger partial charge in [-0.1, -0.05) is 0 Å². The lowest BCUT2D eigenvalue weighted by molar-refractivity contribution is -0.124. The quantitative estimate of drug-likeness (QED) is 0.796. The van der Waals surface area contributed by atoms with Crippen molar-refractivity contribution in [2.45, 2.75) is 18.9 Å². The molecule has 0 radical (unpaired) electrons. The molecule has 1 aliphatic heterocycles. The number of rotatable bonds is 4. The Balaban J connectivity index is 1.62. The van der Waals surface area contributed by atoms with E-state index in [2.05, 4.69) is 15.6 Å². The van der Waals surface area contributed by atoms with Crippen LogP contribution in [0.5, 0.6) is 0 Å². The van der Waals surface area contributed by atoms with Crippen LogP contribution in [-0.2, 0) is 9.53 Å². The van der Waals surface area contributed by atoms with Gasteiger partial charge in [0.25, 0.3) is 17.4 Å². The number of aromatic nitrogens is 1. The molecule has 2 aromatic rings. The van der Waals surface area contributed by atoms with Crippen molar-refractivity contribution in [2.75, 3.05) is 17.2 Å². The first-order valence-electron chi connectivity index (χ1n) is 7.65. The number of ether oxygens (including phenoxy) is 1. The summed E-state index contributed by atoms with van der Waals surface area (Å²) < 4.78 is 5.32. The smallest absolute Gasteiger partial charge is 0.261 e. The van der Waals surface area contributed by atoms with E-state index in [4.69, 9.17) is 4.74 Å². The monoisotopic (exact) mass is 327 g/mol. The number of hydrogen-bond acceptors (Lipinski definition) is 4. The molecule has 0 unspecified atom stereocenters. The zero-order chi connectivity index (χ0) is 16.9. The molecule has 2 amide bonds. The molecule has 1 saturated heterocycles. The zero-order valence-corrected chi connectivity index (χ0v) is 12.9. The Morgan fingerprint density at radius 2 is 1.79 bits per heavy atom. The lowest BCUT2D eigenvalue weighted by atomic mass is 10.2. The van der Waals surface area contributed by atoms with Gasteiger partial charge in [0, 0.05) is 24.2 Å². The molecule has 1 fully saturated rings. The van der Waals surface area contributed by atoms with Gasteiger partial charge in [0.2, 0.25) is 0 Å². The van der Waals surface area contributed by atoms with Crippen LogP contribution in [0.3, 0.4) is 0 Å². The number of amides is 2. The van der Waals surface area contributed by atoms with Crippen LogP contribution in [0, 0.1) is 0 Å². The molecule has 7 nitrogen and oxygen atoms in total. The maximum atomic E-state index is 12.1. The van der Waals surface area contributed by atoms with E-state index in [0.717, 1.165) is 12.8 Å². The summed E-state index contributed by atoms with van der Waals surface area (Å²) in [6.45, 7) is 0.613. The highest BCUT2D eigenvalue weighted by Gasteiger charge is 2.23. The molecule has 0 aliphatic carbocycles. The Morgan fingerprint density at radius 3 is 2.42 bits per heavy atom. The van der Waals surface area contributed by atoms with Gasteiger partial charge in [-0.15, -0.1) is 0 Å². The predicted octanol–water partition coefficient (Wildman–Crippen LogP) is 1.74. The predicted molar refractivity (Wildman–Crippen MR) is 89.1 cm³/mol. The third kappa shape index (κ3) is 3.69. The molecular formula is C17H17N3O4. The second-order valence-corrected chi connectivity index (χ2v) is 5.44. The van der Waals surface area contributed by atoms with E-state index in [1.807, 2.05) is 0 Å². The van der Waals surface area contributed by atoms with Crippen LogP contribution in [0.4, 0.5) is 11.4 Å². The minimum absolute atomic E-state index is 0.0354. The average molecular weight is 327 g/mol. The van der Waals surface area contributed by atoms with Crippen molar-refractivity contribution in [3.63, 3.8) is 0 Å². The van der Waals surface area contributed by atoms with Crippen LogP contribution in [0.2, 0.25) is 0 Å². The van der Waals surface area contributed by atoms with Crippen molar-refractivity contribution in [3.05, 3.63) is 58.5 Å². The van der Waals surface area contributed by atoms with Crippen LogP contribution in [-0.4, -0.2) is 29.5 Å². The third-order valence-corrected chi connectivity index (χ3v) is 3.70. The summed E-state index contributed by atoms with van der Waals surface area (Å²) >= 11 is 0. The van der Waals surface area contributed by atoms with E-state index < -0.39 is 17.6 Å². The average Bonchev–Trinajstić information content (AvgIpc) is 3.11. The topological polar surface area (TPSA) is 100 Å². The van der Waals surface area contributed by atoms with Crippen molar-refractivity contribution in [1.82, 2.24) is 4.98 Å². The fraction of sp³-hybridized carbons (Fsp3) is 0.235. The minimum atomic E-state index is -0.493. The number of H-pyrrole nitrogens is 1. The molecule has 0 saturated carbocycles. The molecule has 1 aromatic carbocycles. The SMILES string of the molecule is O=C(Nc1ccc(NC(=O)[C@@H]2CCCO2)cc1)c1ccc[nH]c1=O.